The molecule has 4 nitrogen and oxygen atoms in total. The van der Waals surface area contributed by atoms with Crippen molar-refractivity contribution >= 4 is 11.6 Å². The number of anilines is 1. The maximum Gasteiger partial charge on any atom is 0.224 e. The second-order valence-electron chi connectivity index (χ2n) is 5.94. The third kappa shape index (κ3) is 4.62. The Bertz CT molecular complexity index is 453. The average molecular weight is 275 g/mol. The minimum absolute atomic E-state index is 0.0899. The molecule has 1 aliphatic heterocycles. The highest BCUT2D eigenvalue weighted by molar-refractivity contribution is 5.90. The van der Waals surface area contributed by atoms with Crippen LogP contribution in [0.1, 0.15) is 31.7 Å². The van der Waals surface area contributed by atoms with Crippen LogP contribution < -0.4 is 16.0 Å². The van der Waals surface area contributed by atoms with E-state index in [1.807, 2.05) is 31.2 Å². The number of nitrogens with one attached hydrogen (secondary N) is 3. The van der Waals surface area contributed by atoms with Crippen molar-refractivity contribution in [1.29, 1.82) is 0 Å². The summed E-state index contributed by atoms with van der Waals surface area (Å²) in [6.45, 7) is 7.25. The fourth-order valence-corrected chi connectivity index (χ4v) is 2.55. The zero-order valence-corrected chi connectivity index (χ0v) is 12.5. The van der Waals surface area contributed by atoms with E-state index in [4.69, 9.17) is 0 Å². The van der Waals surface area contributed by atoms with Crippen LogP contribution in [0.3, 0.4) is 0 Å². The van der Waals surface area contributed by atoms with Crippen molar-refractivity contribution in [2.24, 2.45) is 0 Å². The first-order chi connectivity index (χ1) is 9.57. The molecule has 4 heteroatoms. The molecule has 2 rings (SSSR count). The fourth-order valence-electron chi connectivity index (χ4n) is 2.55. The normalized spacial score (nSPS) is 21.9. The highest BCUT2D eigenvalue weighted by Crippen LogP contribution is 2.13. The van der Waals surface area contributed by atoms with Gasteiger partial charge in [0.25, 0.3) is 0 Å². The van der Waals surface area contributed by atoms with Crippen molar-refractivity contribution in [3.05, 3.63) is 29.8 Å². The highest BCUT2D eigenvalue weighted by Gasteiger charge is 2.27. The molecule has 1 atom stereocenters. The second kappa shape index (κ2) is 6.86. The van der Waals surface area contributed by atoms with Crippen molar-refractivity contribution in [3.8, 4) is 0 Å². The van der Waals surface area contributed by atoms with Crippen LogP contribution in [0.15, 0.2) is 24.3 Å². The minimum atomic E-state index is 0.0899. The summed E-state index contributed by atoms with van der Waals surface area (Å²) in [5, 5.41) is 9.84. The first kappa shape index (κ1) is 15.0. The van der Waals surface area contributed by atoms with Gasteiger partial charge < -0.3 is 16.0 Å². The molecule has 1 heterocycles. The SMILES string of the molecule is Cc1cccc(NC(=O)CCCNC2(C)CCNC2)c1. The molecule has 0 spiro atoms. The van der Waals surface area contributed by atoms with Crippen LogP contribution in [0.25, 0.3) is 0 Å². The van der Waals surface area contributed by atoms with Gasteiger partial charge in [-0.15, -0.1) is 0 Å². The Morgan fingerprint density at radius 1 is 1.45 bits per heavy atom. The minimum Gasteiger partial charge on any atom is -0.326 e. The Hall–Kier alpha value is -1.39. The van der Waals surface area contributed by atoms with Gasteiger partial charge in [-0.25, -0.2) is 0 Å². The first-order valence-electron chi connectivity index (χ1n) is 7.40. The molecule has 1 unspecified atom stereocenters. The zero-order chi connectivity index (χ0) is 14.4. The molecule has 110 valence electrons. The molecule has 1 aromatic rings. The van der Waals surface area contributed by atoms with Crippen LogP contribution in [0.5, 0.6) is 0 Å². The van der Waals surface area contributed by atoms with Gasteiger partial charge in [0.05, 0.1) is 0 Å². The number of hydrogen-bond donors (Lipinski definition) is 3. The summed E-state index contributed by atoms with van der Waals surface area (Å²) in [7, 11) is 0. The van der Waals surface area contributed by atoms with Crippen molar-refractivity contribution in [1.82, 2.24) is 10.6 Å². The number of carbonyl (C=O) groups excluding carboxylic acids is 1. The molecule has 0 radical (unpaired) electrons. The van der Waals surface area contributed by atoms with Crippen molar-refractivity contribution < 1.29 is 4.79 Å². The smallest absolute Gasteiger partial charge is 0.224 e. The van der Waals surface area contributed by atoms with E-state index in [9.17, 15) is 4.79 Å². The van der Waals surface area contributed by atoms with E-state index in [0.29, 0.717) is 6.42 Å². The van der Waals surface area contributed by atoms with Crippen LogP contribution in [-0.2, 0) is 4.79 Å². The standard InChI is InChI=1S/C16H25N3O/c1-13-5-3-6-14(11-13)19-15(20)7-4-9-18-16(2)8-10-17-12-16/h3,5-6,11,17-18H,4,7-10,12H2,1-2H3,(H,19,20). The number of hydrogen-bond acceptors (Lipinski definition) is 3. The Kier molecular flexibility index (Phi) is 5.15. The van der Waals surface area contributed by atoms with Gasteiger partial charge in [0, 0.05) is 24.2 Å². The van der Waals surface area contributed by atoms with Gasteiger partial charge in [-0.2, -0.15) is 0 Å². The average Bonchev–Trinajstić information content (AvgIpc) is 2.82. The van der Waals surface area contributed by atoms with Gasteiger partial charge in [-0.1, -0.05) is 12.1 Å². The predicted octanol–water partition coefficient (Wildman–Crippen LogP) is 2.06. The lowest BCUT2D eigenvalue weighted by Gasteiger charge is -2.24. The zero-order valence-electron chi connectivity index (χ0n) is 12.5. The molecule has 3 N–H and O–H groups in total. The summed E-state index contributed by atoms with van der Waals surface area (Å²) in [6.07, 6.45) is 2.58. The Morgan fingerprint density at radius 3 is 3.00 bits per heavy atom. The lowest BCUT2D eigenvalue weighted by Crippen LogP contribution is -2.44. The van der Waals surface area contributed by atoms with Crippen molar-refractivity contribution in [3.63, 3.8) is 0 Å². The van der Waals surface area contributed by atoms with Crippen molar-refractivity contribution in [2.45, 2.75) is 38.6 Å². The molecule has 1 saturated heterocycles. The molecule has 0 aliphatic carbocycles. The van der Waals surface area contributed by atoms with Gasteiger partial charge in [0.2, 0.25) is 5.91 Å². The van der Waals surface area contributed by atoms with Crippen LogP contribution in [0.2, 0.25) is 0 Å². The maximum atomic E-state index is 11.8. The van der Waals surface area contributed by atoms with E-state index in [2.05, 4.69) is 22.9 Å². The Morgan fingerprint density at radius 2 is 2.30 bits per heavy atom. The van der Waals surface area contributed by atoms with Crippen LogP contribution in [0, 0.1) is 6.92 Å². The summed E-state index contributed by atoms with van der Waals surface area (Å²) in [5.41, 5.74) is 2.24. The van der Waals surface area contributed by atoms with Gasteiger partial charge in [0.15, 0.2) is 0 Å². The number of rotatable bonds is 6. The molecular formula is C16H25N3O. The quantitative estimate of drug-likeness (QED) is 0.697. The molecule has 20 heavy (non-hydrogen) atoms. The van der Waals surface area contributed by atoms with Crippen LogP contribution in [0.4, 0.5) is 5.69 Å². The summed E-state index contributed by atoms with van der Waals surface area (Å²) < 4.78 is 0. The van der Waals surface area contributed by atoms with E-state index < -0.39 is 0 Å². The van der Waals surface area contributed by atoms with Crippen LogP contribution in [-0.4, -0.2) is 31.1 Å². The van der Waals surface area contributed by atoms with E-state index in [1.54, 1.807) is 0 Å². The molecular weight excluding hydrogens is 250 g/mol. The van der Waals surface area contributed by atoms with Crippen LogP contribution >= 0.6 is 0 Å². The van der Waals surface area contributed by atoms with E-state index in [1.165, 1.54) is 0 Å². The Balaban J connectivity index is 1.65. The van der Waals surface area contributed by atoms with Gasteiger partial charge >= 0.3 is 0 Å². The highest BCUT2D eigenvalue weighted by atomic mass is 16.1. The molecule has 1 aliphatic rings. The summed E-state index contributed by atoms with van der Waals surface area (Å²) in [5.74, 6) is 0.0899. The lowest BCUT2D eigenvalue weighted by molar-refractivity contribution is -0.116. The molecule has 1 fully saturated rings. The summed E-state index contributed by atoms with van der Waals surface area (Å²) in [4.78, 5) is 11.8. The van der Waals surface area contributed by atoms with E-state index in [-0.39, 0.29) is 11.4 Å². The maximum absolute atomic E-state index is 11.8. The van der Waals surface area contributed by atoms with Crippen molar-refractivity contribution in [2.75, 3.05) is 25.0 Å². The number of amides is 1. The molecule has 0 saturated carbocycles. The number of carbonyl (C=O) groups is 1. The molecule has 0 bridgehead atoms. The summed E-state index contributed by atoms with van der Waals surface area (Å²) in [6, 6.07) is 7.89. The topological polar surface area (TPSA) is 53.2 Å². The lowest BCUT2D eigenvalue weighted by atomic mass is 10.0. The third-order valence-corrected chi connectivity index (χ3v) is 3.80. The number of aryl methyl sites for hydroxylation is 1. The number of benzene rings is 1. The third-order valence-electron chi connectivity index (χ3n) is 3.80. The van der Waals surface area contributed by atoms with E-state index >= 15 is 0 Å². The molecule has 1 amide bonds. The van der Waals surface area contributed by atoms with Gasteiger partial charge in [-0.05, 0) is 57.5 Å². The predicted molar refractivity (Wildman–Crippen MR) is 82.9 cm³/mol. The van der Waals surface area contributed by atoms with Gasteiger partial charge in [0.1, 0.15) is 0 Å². The largest absolute Gasteiger partial charge is 0.326 e. The first-order valence-corrected chi connectivity index (χ1v) is 7.40. The second-order valence-corrected chi connectivity index (χ2v) is 5.94. The summed E-state index contributed by atoms with van der Waals surface area (Å²) >= 11 is 0. The monoisotopic (exact) mass is 275 g/mol. The molecule has 0 aromatic heterocycles. The fraction of sp³-hybridized carbons (Fsp3) is 0.562. The van der Waals surface area contributed by atoms with E-state index in [0.717, 1.165) is 43.7 Å². The van der Waals surface area contributed by atoms with Gasteiger partial charge in [-0.3, -0.25) is 4.79 Å². The molecule has 1 aromatic carbocycles. The Labute approximate surface area is 121 Å².